The molecule has 0 spiro atoms. The van der Waals surface area contributed by atoms with Crippen LogP contribution in [0.2, 0.25) is 0 Å². The largest absolute Gasteiger partial charge is 0.478 e. The minimum atomic E-state index is -0.981. The van der Waals surface area contributed by atoms with Crippen molar-refractivity contribution < 1.29 is 9.90 Å². The van der Waals surface area contributed by atoms with E-state index in [2.05, 4.69) is 10.1 Å². The number of pyridine rings is 1. The van der Waals surface area contributed by atoms with Gasteiger partial charge in [-0.15, -0.1) is 0 Å². The lowest BCUT2D eigenvalue weighted by Crippen LogP contribution is -2.04. The predicted octanol–water partition coefficient (Wildman–Crippen LogP) is 2.61. The number of aromatic nitrogens is 3. The van der Waals surface area contributed by atoms with Gasteiger partial charge in [0.25, 0.3) is 0 Å². The maximum Gasteiger partial charge on any atom is 0.339 e. The highest BCUT2D eigenvalue weighted by Gasteiger charge is 2.19. The first-order chi connectivity index (χ1) is 8.63. The molecule has 18 heavy (non-hydrogen) atoms. The van der Waals surface area contributed by atoms with E-state index in [1.807, 2.05) is 19.9 Å². The van der Waals surface area contributed by atoms with Crippen molar-refractivity contribution in [1.82, 2.24) is 14.8 Å². The molecule has 1 unspecified atom stereocenters. The van der Waals surface area contributed by atoms with Gasteiger partial charge in [-0.2, -0.15) is 5.10 Å². The van der Waals surface area contributed by atoms with Gasteiger partial charge in [-0.1, -0.05) is 13.0 Å². The van der Waals surface area contributed by atoms with E-state index in [1.54, 1.807) is 29.2 Å². The standard InChI is InChI=1S/C13H15N3O2/c1-3-9(2)16-8-10(13(17)18)12(15-16)11-6-4-5-7-14-11/h4-9H,3H2,1-2H3,(H,17,18). The topological polar surface area (TPSA) is 68.0 Å². The third kappa shape index (κ3) is 2.25. The summed E-state index contributed by atoms with van der Waals surface area (Å²) in [6, 6.07) is 5.53. The molecule has 5 nitrogen and oxygen atoms in total. The zero-order chi connectivity index (χ0) is 13.1. The van der Waals surface area contributed by atoms with Gasteiger partial charge in [0.2, 0.25) is 0 Å². The number of carboxylic acids is 1. The predicted molar refractivity (Wildman–Crippen MR) is 67.4 cm³/mol. The summed E-state index contributed by atoms with van der Waals surface area (Å²) in [5, 5.41) is 13.6. The summed E-state index contributed by atoms with van der Waals surface area (Å²) in [5.41, 5.74) is 1.19. The molecule has 0 aliphatic heterocycles. The number of rotatable bonds is 4. The second-order valence-corrected chi connectivity index (χ2v) is 4.15. The molecule has 2 aromatic heterocycles. The van der Waals surface area contributed by atoms with E-state index < -0.39 is 5.97 Å². The van der Waals surface area contributed by atoms with E-state index in [0.717, 1.165) is 6.42 Å². The number of hydrogen-bond acceptors (Lipinski definition) is 3. The molecule has 2 heterocycles. The van der Waals surface area contributed by atoms with E-state index in [9.17, 15) is 9.90 Å². The van der Waals surface area contributed by atoms with Crippen LogP contribution in [0.1, 0.15) is 36.7 Å². The Kier molecular flexibility index (Phi) is 3.41. The Bertz CT molecular complexity index is 549. The third-order valence-electron chi connectivity index (χ3n) is 2.91. The molecule has 0 fully saturated rings. The molecule has 5 heteroatoms. The van der Waals surface area contributed by atoms with E-state index in [1.165, 1.54) is 0 Å². The highest BCUT2D eigenvalue weighted by molar-refractivity contribution is 5.94. The first-order valence-corrected chi connectivity index (χ1v) is 5.87. The summed E-state index contributed by atoms with van der Waals surface area (Å²) in [4.78, 5) is 15.4. The molecule has 1 atom stereocenters. The van der Waals surface area contributed by atoms with Crippen LogP contribution in [0.15, 0.2) is 30.6 Å². The van der Waals surface area contributed by atoms with E-state index in [4.69, 9.17) is 0 Å². The van der Waals surface area contributed by atoms with Gasteiger partial charge in [-0.3, -0.25) is 9.67 Å². The van der Waals surface area contributed by atoms with Gasteiger partial charge in [0.15, 0.2) is 0 Å². The maximum absolute atomic E-state index is 11.2. The lowest BCUT2D eigenvalue weighted by Gasteiger charge is -2.07. The Balaban J connectivity index is 2.52. The highest BCUT2D eigenvalue weighted by Crippen LogP contribution is 2.22. The molecule has 0 bridgehead atoms. The van der Waals surface area contributed by atoms with Crippen molar-refractivity contribution in [1.29, 1.82) is 0 Å². The maximum atomic E-state index is 11.2. The second-order valence-electron chi connectivity index (χ2n) is 4.15. The highest BCUT2D eigenvalue weighted by atomic mass is 16.4. The lowest BCUT2D eigenvalue weighted by atomic mass is 10.2. The van der Waals surface area contributed by atoms with Gasteiger partial charge < -0.3 is 5.11 Å². The molecule has 0 aliphatic rings. The first kappa shape index (κ1) is 12.3. The van der Waals surface area contributed by atoms with Gasteiger partial charge in [-0.25, -0.2) is 4.79 Å². The normalized spacial score (nSPS) is 12.3. The molecule has 2 rings (SSSR count). The SMILES string of the molecule is CCC(C)n1cc(C(=O)O)c(-c2ccccn2)n1. The summed E-state index contributed by atoms with van der Waals surface area (Å²) in [5.74, 6) is -0.981. The molecule has 0 amide bonds. The summed E-state index contributed by atoms with van der Waals surface area (Å²) in [6.07, 6.45) is 4.09. The Morgan fingerprint density at radius 3 is 2.83 bits per heavy atom. The van der Waals surface area contributed by atoms with Gasteiger partial charge in [0.1, 0.15) is 11.3 Å². The number of carbonyl (C=O) groups is 1. The van der Waals surface area contributed by atoms with Crippen molar-refractivity contribution in [3.8, 4) is 11.4 Å². The van der Waals surface area contributed by atoms with Crippen LogP contribution >= 0.6 is 0 Å². The van der Waals surface area contributed by atoms with Crippen molar-refractivity contribution in [3.63, 3.8) is 0 Å². The van der Waals surface area contributed by atoms with Gasteiger partial charge >= 0.3 is 5.97 Å². The second kappa shape index (κ2) is 5.00. The van der Waals surface area contributed by atoms with Crippen LogP contribution in [0.25, 0.3) is 11.4 Å². The third-order valence-corrected chi connectivity index (χ3v) is 2.91. The first-order valence-electron chi connectivity index (χ1n) is 5.87. The van der Waals surface area contributed by atoms with Crippen molar-refractivity contribution in [3.05, 3.63) is 36.2 Å². The van der Waals surface area contributed by atoms with E-state index in [0.29, 0.717) is 11.4 Å². The Morgan fingerprint density at radius 1 is 1.50 bits per heavy atom. The van der Waals surface area contributed by atoms with Crippen molar-refractivity contribution in [2.24, 2.45) is 0 Å². The van der Waals surface area contributed by atoms with Gasteiger partial charge in [0.05, 0.1) is 5.69 Å². The van der Waals surface area contributed by atoms with Gasteiger partial charge in [-0.05, 0) is 25.5 Å². The molecular weight excluding hydrogens is 230 g/mol. The quantitative estimate of drug-likeness (QED) is 0.899. The average molecular weight is 245 g/mol. The fraction of sp³-hybridized carbons (Fsp3) is 0.308. The van der Waals surface area contributed by atoms with Crippen LogP contribution in [0, 0.1) is 0 Å². The lowest BCUT2D eigenvalue weighted by molar-refractivity contribution is 0.0697. The van der Waals surface area contributed by atoms with E-state index >= 15 is 0 Å². The number of hydrogen-bond donors (Lipinski definition) is 1. The molecular formula is C13H15N3O2. The minimum Gasteiger partial charge on any atom is -0.478 e. The molecule has 1 N–H and O–H groups in total. The molecule has 0 saturated heterocycles. The average Bonchev–Trinajstić information content (AvgIpc) is 2.84. The molecule has 94 valence electrons. The van der Waals surface area contributed by atoms with Crippen molar-refractivity contribution in [2.45, 2.75) is 26.3 Å². The van der Waals surface area contributed by atoms with Crippen LogP contribution < -0.4 is 0 Å². The molecule has 0 radical (unpaired) electrons. The molecule has 2 aromatic rings. The van der Waals surface area contributed by atoms with Crippen LogP contribution in [0.3, 0.4) is 0 Å². The Hall–Kier alpha value is -2.17. The van der Waals surface area contributed by atoms with E-state index in [-0.39, 0.29) is 11.6 Å². The van der Waals surface area contributed by atoms with Crippen LogP contribution in [0.5, 0.6) is 0 Å². The Labute approximate surface area is 105 Å². The number of nitrogens with zero attached hydrogens (tertiary/aromatic N) is 3. The van der Waals surface area contributed by atoms with Crippen LogP contribution in [0.4, 0.5) is 0 Å². The number of carboxylic acid groups (broad SMARTS) is 1. The zero-order valence-corrected chi connectivity index (χ0v) is 10.4. The summed E-state index contributed by atoms with van der Waals surface area (Å²) in [6.45, 7) is 4.04. The minimum absolute atomic E-state index is 0.167. The van der Waals surface area contributed by atoms with Crippen LogP contribution in [-0.2, 0) is 0 Å². The molecule has 0 aliphatic carbocycles. The summed E-state index contributed by atoms with van der Waals surface area (Å²) >= 11 is 0. The number of aromatic carboxylic acids is 1. The summed E-state index contributed by atoms with van der Waals surface area (Å²) in [7, 11) is 0. The van der Waals surface area contributed by atoms with Crippen molar-refractivity contribution in [2.75, 3.05) is 0 Å². The fourth-order valence-corrected chi connectivity index (χ4v) is 1.65. The van der Waals surface area contributed by atoms with Crippen LogP contribution in [-0.4, -0.2) is 25.8 Å². The smallest absolute Gasteiger partial charge is 0.339 e. The monoisotopic (exact) mass is 245 g/mol. The zero-order valence-electron chi connectivity index (χ0n) is 10.4. The Morgan fingerprint density at radius 2 is 2.28 bits per heavy atom. The van der Waals surface area contributed by atoms with Crippen molar-refractivity contribution >= 4 is 5.97 Å². The summed E-state index contributed by atoms with van der Waals surface area (Å²) < 4.78 is 1.69. The fourth-order valence-electron chi connectivity index (χ4n) is 1.65. The molecule has 0 aromatic carbocycles. The molecule has 0 saturated carbocycles. The van der Waals surface area contributed by atoms with Gasteiger partial charge in [0, 0.05) is 18.4 Å².